The van der Waals surface area contributed by atoms with Gasteiger partial charge in [-0.2, -0.15) is 0 Å². The van der Waals surface area contributed by atoms with Gasteiger partial charge in [-0.3, -0.25) is 0 Å². The SMILES string of the molecule is CCC(CC)C(C)SC(C=CSc1ccc(F)cc1)=Nc1ccccc1. The Morgan fingerprint density at radius 2 is 1.69 bits per heavy atom. The molecule has 1 unspecified atom stereocenters. The minimum absolute atomic E-state index is 0.209. The van der Waals surface area contributed by atoms with Crippen molar-refractivity contribution in [3.8, 4) is 0 Å². The average molecular weight is 388 g/mol. The first-order chi connectivity index (χ1) is 12.6. The summed E-state index contributed by atoms with van der Waals surface area (Å²) in [6.07, 6.45) is 4.42. The van der Waals surface area contributed by atoms with E-state index in [1.165, 1.54) is 25.0 Å². The highest BCUT2D eigenvalue weighted by Gasteiger charge is 2.15. The number of benzene rings is 2. The molecular formula is C22H26FNS2. The molecule has 0 N–H and O–H groups in total. The summed E-state index contributed by atoms with van der Waals surface area (Å²) >= 11 is 3.40. The lowest BCUT2D eigenvalue weighted by Gasteiger charge is -2.20. The molecule has 0 bridgehead atoms. The van der Waals surface area contributed by atoms with Crippen molar-refractivity contribution < 1.29 is 4.39 Å². The van der Waals surface area contributed by atoms with E-state index in [1.807, 2.05) is 47.5 Å². The van der Waals surface area contributed by atoms with Crippen molar-refractivity contribution in [1.29, 1.82) is 0 Å². The summed E-state index contributed by atoms with van der Waals surface area (Å²) in [5.74, 6) is 0.471. The van der Waals surface area contributed by atoms with Crippen LogP contribution in [0.25, 0.3) is 0 Å². The van der Waals surface area contributed by atoms with Gasteiger partial charge in [-0.05, 0) is 53.8 Å². The van der Waals surface area contributed by atoms with Crippen LogP contribution >= 0.6 is 23.5 Å². The van der Waals surface area contributed by atoms with Crippen LogP contribution in [0.15, 0.2) is 76.0 Å². The molecule has 4 heteroatoms. The summed E-state index contributed by atoms with van der Waals surface area (Å²) < 4.78 is 13.0. The summed E-state index contributed by atoms with van der Waals surface area (Å²) in [7, 11) is 0. The van der Waals surface area contributed by atoms with E-state index in [9.17, 15) is 4.39 Å². The third-order valence-electron chi connectivity index (χ3n) is 4.24. The van der Waals surface area contributed by atoms with E-state index in [2.05, 4.69) is 26.8 Å². The van der Waals surface area contributed by atoms with Crippen LogP contribution in [0.4, 0.5) is 10.1 Å². The second-order valence-electron chi connectivity index (χ2n) is 6.06. The van der Waals surface area contributed by atoms with Gasteiger partial charge in [0.25, 0.3) is 0 Å². The maximum absolute atomic E-state index is 13.0. The van der Waals surface area contributed by atoms with Crippen LogP contribution in [-0.4, -0.2) is 10.3 Å². The van der Waals surface area contributed by atoms with E-state index in [-0.39, 0.29) is 5.82 Å². The van der Waals surface area contributed by atoms with Gasteiger partial charge in [0, 0.05) is 10.1 Å². The molecule has 0 aliphatic heterocycles. The molecule has 0 saturated heterocycles. The van der Waals surface area contributed by atoms with Crippen molar-refractivity contribution >= 4 is 34.3 Å². The average Bonchev–Trinajstić information content (AvgIpc) is 2.65. The quantitative estimate of drug-likeness (QED) is 0.261. The Balaban J connectivity index is 2.13. The molecule has 2 aromatic carbocycles. The Morgan fingerprint density at radius 1 is 1.04 bits per heavy atom. The van der Waals surface area contributed by atoms with Gasteiger partial charge in [0.15, 0.2) is 0 Å². The Morgan fingerprint density at radius 3 is 2.31 bits per heavy atom. The molecule has 0 fully saturated rings. The van der Waals surface area contributed by atoms with Crippen LogP contribution in [0.5, 0.6) is 0 Å². The van der Waals surface area contributed by atoms with Crippen molar-refractivity contribution in [2.24, 2.45) is 10.9 Å². The summed E-state index contributed by atoms with van der Waals surface area (Å²) in [5.41, 5.74) is 0.961. The van der Waals surface area contributed by atoms with Crippen molar-refractivity contribution in [1.82, 2.24) is 0 Å². The minimum atomic E-state index is -0.209. The number of aliphatic imine (C=N–C) groups is 1. The molecule has 1 nitrogen and oxygen atoms in total. The molecule has 26 heavy (non-hydrogen) atoms. The molecule has 0 heterocycles. The highest BCUT2D eigenvalue weighted by Crippen LogP contribution is 2.29. The first-order valence-electron chi connectivity index (χ1n) is 9.01. The van der Waals surface area contributed by atoms with E-state index >= 15 is 0 Å². The molecule has 0 aliphatic carbocycles. The van der Waals surface area contributed by atoms with E-state index in [1.54, 1.807) is 23.9 Å². The van der Waals surface area contributed by atoms with Gasteiger partial charge >= 0.3 is 0 Å². The Bertz CT molecular complexity index is 707. The largest absolute Gasteiger partial charge is 0.242 e. The second kappa shape index (κ2) is 11.2. The van der Waals surface area contributed by atoms with Crippen LogP contribution in [0, 0.1) is 11.7 Å². The predicted octanol–water partition coefficient (Wildman–Crippen LogP) is 7.72. The fourth-order valence-electron chi connectivity index (χ4n) is 2.66. The molecule has 0 amide bonds. The van der Waals surface area contributed by atoms with Crippen LogP contribution in [0.3, 0.4) is 0 Å². The molecule has 0 aliphatic rings. The van der Waals surface area contributed by atoms with Gasteiger partial charge in [-0.25, -0.2) is 9.38 Å². The summed E-state index contributed by atoms with van der Waals surface area (Å²) in [5, 5.41) is 3.54. The maximum Gasteiger partial charge on any atom is 0.123 e. The molecular weight excluding hydrogens is 361 g/mol. The standard InChI is InChI=1S/C22H26FNS2/c1-4-18(5-2)17(3)26-22(24-20-9-7-6-8-10-20)15-16-25-21-13-11-19(23)12-14-21/h6-18H,4-5H2,1-3H3. The van der Waals surface area contributed by atoms with E-state index in [0.717, 1.165) is 15.6 Å². The highest BCUT2D eigenvalue weighted by molar-refractivity contribution is 8.15. The minimum Gasteiger partial charge on any atom is -0.242 e. The molecule has 0 radical (unpaired) electrons. The maximum atomic E-state index is 13.0. The van der Waals surface area contributed by atoms with Crippen LogP contribution < -0.4 is 0 Å². The Hall–Kier alpha value is -1.52. The summed E-state index contributed by atoms with van der Waals surface area (Å²) in [6, 6.07) is 16.6. The van der Waals surface area contributed by atoms with Crippen molar-refractivity contribution in [2.75, 3.05) is 0 Å². The van der Waals surface area contributed by atoms with Crippen molar-refractivity contribution in [3.63, 3.8) is 0 Å². The molecule has 0 aromatic heterocycles. The second-order valence-corrected chi connectivity index (χ2v) is 8.44. The number of hydrogen-bond donors (Lipinski definition) is 0. The number of nitrogens with zero attached hydrogens (tertiary/aromatic N) is 1. The predicted molar refractivity (Wildman–Crippen MR) is 116 cm³/mol. The zero-order valence-electron chi connectivity index (χ0n) is 15.6. The zero-order chi connectivity index (χ0) is 18.8. The fourth-order valence-corrected chi connectivity index (χ4v) is 4.65. The Kier molecular flexibility index (Phi) is 8.99. The lowest BCUT2D eigenvalue weighted by Crippen LogP contribution is -2.13. The van der Waals surface area contributed by atoms with Gasteiger partial charge in [0.1, 0.15) is 5.82 Å². The molecule has 1 atom stereocenters. The van der Waals surface area contributed by atoms with Crippen LogP contribution in [-0.2, 0) is 0 Å². The third kappa shape index (κ3) is 7.00. The van der Waals surface area contributed by atoms with E-state index in [4.69, 9.17) is 4.99 Å². The first kappa shape index (κ1) is 20.8. The normalized spacial score (nSPS) is 13.5. The van der Waals surface area contributed by atoms with Gasteiger partial charge in [-0.1, -0.05) is 63.6 Å². The molecule has 2 aromatic rings. The number of halogens is 1. The first-order valence-corrected chi connectivity index (χ1v) is 10.8. The van der Waals surface area contributed by atoms with E-state index < -0.39 is 0 Å². The third-order valence-corrected chi connectivity index (χ3v) is 6.29. The van der Waals surface area contributed by atoms with Crippen LogP contribution in [0.1, 0.15) is 33.6 Å². The molecule has 2 rings (SSSR count). The smallest absolute Gasteiger partial charge is 0.123 e. The van der Waals surface area contributed by atoms with Gasteiger partial charge in [0.05, 0.1) is 10.7 Å². The monoisotopic (exact) mass is 387 g/mol. The van der Waals surface area contributed by atoms with E-state index in [0.29, 0.717) is 11.2 Å². The van der Waals surface area contributed by atoms with Gasteiger partial charge in [0.2, 0.25) is 0 Å². The molecule has 0 saturated carbocycles. The number of hydrogen-bond acceptors (Lipinski definition) is 3. The lowest BCUT2D eigenvalue weighted by molar-refractivity contribution is 0.490. The van der Waals surface area contributed by atoms with Gasteiger partial charge < -0.3 is 0 Å². The molecule has 0 spiro atoms. The zero-order valence-corrected chi connectivity index (χ0v) is 17.2. The molecule has 138 valence electrons. The summed E-state index contributed by atoms with van der Waals surface area (Å²) in [4.78, 5) is 5.83. The van der Waals surface area contributed by atoms with Crippen molar-refractivity contribution in [2.45, 2.75) is 43.8 Å². The number of thioether (sulfide) groups is 2. The topological polar surface area (TPSA) is 12.4 Å². The summed E-state index contributed by atoms with van der Waals surface area (Å²) in [6.45, 7) is 6.78. The van der Waals surface area contributed by atoms with Gasteiger partial charge in [-0.15, -0.1) is 11.8 Å². The van der Waals surface area contributed by atoms with Crippen LogP contribution in [0.2, 0.25) is 0 Å². The highest BCUT2D eigenvalue weighted by atomic mass is 32.2. The lowest BCUT2D eigenvalue weighted by atomic mass is 10.0. The Labute approximate surface area is 165 Å². The van der Waals surface area contributed by atoms with Crippen molar-refractivity contribution in [3.05, 3.63) is 71.9 Å². The number of para-hydroxylation sites is 1. The number of rotatable bonds is 8. The fraction of sp³-hybridized carbons (Fsp3) is 0.318.